The fourth-order valence-corrected chi connectivity index (χ4v) is 3.19. The molecule has 2 rings (SSSR count). The molecule has 3 nitrogen and oxygen atoms in total. The molecule has 106 valence electrons. The molecular formula is C14H19BrClNO2. The highest BCUT2D eigenvalue weighted by Crippen LogP contribution is 2.28. The second kappa shape index (κ2) is 6.44. The van der Waals surface area contributed by atoms with Gasteiger partial charge in [-0.1, -0.05) is 11.6 Å². The molecule has 1 fully saturated rings. The normalized spacial score (nSPS) is 24.4. The molecule has 0 spiro atoms. The molecule has 1 N–H and O–H groups in total. The van der Waals surface area contributed by atoms with E-state index >= 15 is 0 Å². The van der Waals surface area contributed by atoms with Gasteiger partial charge in [-0.05, 0) is 60.4 Å². The van der Waals surface area contributed by atoms with Gasteiger partial charge in [-0.2, -0.15) is 0 Å². The van der Waals surface area contributed by atoms with Crippen LogP contribution in [-0.4, -0.2) is 41.8 Å². The first-order chi connectivity index (χ1) is 8.96. The number of halogens is 2. The molecule has 1 saturated heterocycles. The quantitative estimate of drug-likeness (QED) is 0.906. The van der Waals surface area contributed by atoms with Crippen molar-refractivity contribution in [2.75, 3.05) is 26.2 Å². The molecule has 0 amide bonds. The molecule has 1 aliphatic heterocycles. The lowest BCUT2D eigenvalue weighted by Gasteiger charge is -2.36. The standard InChI is InChI=1S/C14H19BrClNO2/c1-14(18)5-2-6-17(10-14)7-8-19-13-4-3-11(16)9-12(13)15/h3-4,9,18H,2,5-8,10H2,1H3. The molecule has 1 aromatic rings. The molecule has 1 unspecified atom stereocenters. The fraction of sp³-hybridized carbons (Fsp3) is 0.571. The van der Waals surface area contributed by atoms with E-state index < -0.39 is 5.60 Å². The average molecular weight is 349 g/mol. The third-order valence-corrected chi connectivity index (χ3v) is 4.17. The number of piperidine rings is 1. The Hall–Kier alpha value is -0.290. The predicted molar refractivity (Wildman–Crippen MR) is 80.9 cm³/mol. The van der Waals surface area contributed by atoms with E-state index in [1.165, 1.54) is 0 Å². The van der Waals surface area contributed by atoms with E-state index in [9.17, 15) is 5.11 Å². The average Bonchev–Trinajstić information content (AvgIpc) is 2.31. The van der Waals surface area contributed by atoms with Crippen molar-refractivity contribution in [2.24, 2.45) is 0 Å². The van der Waals surface area contributed by atoms with Crippen molar-refractivity contribution >= 4 is 27.5 Å². The molecule has 0 radical (unpaired) electrons. The maximum atomic E-state index is 10.0. The summed E-state index contributed by atoms with van der Waals surface area (Å²) in [6.07, 6.45) is 1.92. The zero-order chi connectivity index (χ0) is 13.9. The molecular weight excluding hydrogens is 330 g/mol. The van der Waals surface area contributed by atoms with Gasteiger partial charge in [-0.25, -0.2) is 0 Å². The van der Waals surface area contributed by atoms with Gasteiger partial charge in [0.2, 0.25) is 0 Å². The van der Waals surface area contributed by atoms with Gasteiger partial charge in [-0.15, -0.1) is 0 Å². The Morgan fingerprint density at radius 1 is 1.53 bits per heavy atom. The Kier molecular flexibility index (Phi) is 5.12. The summed E-state index contributed by atoms with van der Waals surface area (Å²) >= 11 is 9.31. The van der Waals surface area contributed by atoms with Crippen LogP contribution in [0.3, 0.4) is 0 Å². The molecule has 1 aromatic carbocycles. The molecule has 0 aromatic heterocycles. The van der Waals surface area contributed by atoms with Gasteiger partial charge in [0.1, 0.15) is 12.4 Å². The lowest BCUT2D eigenvalue weighted by atomic mass is 9.95. The fourth-order valence-electron chi connectivity index (χ4n) is 2.39. The number of ether oxygens (including phenoxy) is 1. The predicted octanol–water partition coefficient (Wildman–Crippen LogP) is 3.33. The van der Waals surface area contributed by atoms with E-state index in [-0.39, 0.29) is 0 Å². The van der Waals surface area contributed by atoms with Gasteiger partial charge >= 0.3 is 0 Å². The number of likely N-dealkylation sites (tertiary alicyclic amines) is 1. The van der Waals surface area contributed by atoms with Gasteiger partial charge in [0.25, 0.3) is 0 Å². The van der Waals surface area contributed by atoms with Crippen LogP contribution in [0.15, 0.2) is 22.7 Å². The van der Waals surface area contributed by atoms with Crippen LogP contribution in [0.2, 0.25) is 5.02 Å². The first kappa shape index (κ1) is 15.1. The van der Waals surface area contributed by atoms with Gasteiger partial charge in [0.05, 0.1) is 10.1 Å². The summed E-state index contributed by atoms with van der Waals surface area (Å²) in [5, 5.41) is 10.7. The molecule has 0 bridgehead atoms. The summed E-state index contributed by atoms with van der Waals surface area (Å²) in [5.74, 6) is 0.799. The maximum absolute atomic E-state index is 10.0. The van der Waals surface area contributed by atoms with Gasteiger partial charge < -0.3 is 9.84 Å². The van der Waals surface area contributed by atoms with Crippen LogP contribution in [0.4, 0.5) is 0 Å². The third-order valence-electron chi connectivity index (χ3n) is 3.31. The van der Waals surface area contributed by atoms with E-state index in [4.69, 9.17) is 16.3 Å². The van der Waals surface area contributed by atoms with Crippen LogP contribution in [-0.2, 0) is 0 Å². The van der Waals surface area contributed by atoms with Crippen LogP contribution < -0.4 is 4.74 Å². The Labute approximate surface area is 127 Å². The summed E-state index contributed by atoms with van der Waals surface area (Å²) in [6, 6.07) is 5.49. The Morgan fingerprint density at radius 3 is 3.00 bits per heavy atom. The minimum atomic E-state index is -0.556. The number of hydrogen-bond donors (Lipinski definition) is 1. The van der Waals surface area contributed by atoms with Crippen molar-refractivity contribution in [1.82, 2.24) is 4.90 Å². The highest BCUT2D eigenvalue weighted by atomic mass is 79.9. The summed E-state index contributed by atoms with van der Waals surface area (Å²) in [7, 11) is 0. The van der Waals surface area contributed by atoms with Crippen molar-refractivity contribution in [2.45, 2.75) is 25.4 Å². The van der Waals surface area contributed by atoms with Crippen molar-refractivity contribution < 1.29 is 9.84 Å². The molecule has 0 aliphatic carbocycles. The van der Waals surface area contributed by atoms with Crippen LogP contribution >= 0.6 is 27.5 Å². The smallest absolute Gasteiger partial charge is 0.133 e. The number of hydrogen-bond acceptors (Lipinski definition) is 3. The summed E-state index contributed by atoms with van der Waals surface area (Å²) in [5.41, 5.74) is -0.556. The Bertz CT molecular complexity index is 439. The monoisotopic (exact) mass is 347 g/mol. The first-order valence-corrected chi connectivity index (χ1v) is 7.66. The van der Waals surface area contributed by atoms with Crippen LogP contribution in [0, 0.1) is 0 Å². The largest absolute Gasteiger partial charge is 0.491 e. The van der Waals surface area contributed by atoms with Gasteiger partial charge in [0.15, 0.2) is 0 Å². The van der Waals surface area contributed by atoms with Crippen molar-refractivity contribution in [3.8, 4) is 5.75 Å². The second-order valence-electron chi connectivity index (χ2n) is 5.30. The first-order valence-electron chi connectivity index (χ1n) is 6.49. The van der Waals surface area contributed by atoms with Crippen LogP contribution in [0.25, 0.3) is 0 Å². The van der Waals surface area contributed by atoms with Crippen LogP contribution in [0.5, 0.6) is 5.75 Å². The Balaban J connectivity index is 1.80. The number of aliphatic hydroxyl groups is 1. The number of β-amino-alcohol motifs (C(OH)–C–C–N with tert-alkyl or cyclic N) is 1. The second-order valence-corrected chi connectivity index (χ2v) is 6.59. The van der Waals surface area contributed by atoms with E-state index in [0.29, 0.717) is 11.6 Å². The molecule has 1 atom stereocenters. The summed E-state index contributed by atoms with van der Waals surface area (Å²) in [6.45, 7) is 5.08. The van der Waals surface area contributed by atoms with E-state index in [1.54, 1.807) is 0 Å². The molecule has 19 heavy (non-hydrogen) atoms. The molecule has 1 aliphatic rings. The zero-order valence-electron chi connectivity index (χ0n) is 11.0. The molecule has 0 saturated carbocycles. The lowest BCUT2D eigenvalue weighted by Crippen LogP contribution is -2.47. The molecule has 5 heteroatoms. The van der Waals surface area contributed by atoms with E-state index in [1.807, 2.05) is 25.1 Å². The van der Waals surface area contributed by atoms with Crippen molar-refractivity contribution in [1.29, 1.82) is 0 Å². The minimum Gasteiger partial charge on any atom is -0.491 e. The highest BCUT2D eigenvalue weighted by molar-refractivity contribution is 9.10. The van der Waals surface area contributed by atoms with Crippen LogP contribution in [0.1, 0.15) is 19.8 Å². The summed E-state index contributed by atoms with van der Waals surface area (Å²) < 4.78 is 6.60. The van der Waals surface area contributed by atoms with E-state index in [2.05, 4.69) is 20.8 Å². The minimum absolute atomic E-state index is 0.556. The number of benzene rings is 1. The number of nitrogens with zero attached hydrogens (tertiary/aromatic N) is 1. The van der Waals surface area contributed by atoms with Gasteiger partial charge in [0, 0.05) is 18.1 Å². The number of rotatable bonds is 4. The third kappa shape index (κ3) is 4.63. The molecule has 1 heterocycles. The van der Waals surface area contributed by atoms with Crippen molar-refractivity contribution in [3.05, 3.63) is 27.7 Å². The Morgan fingerprint density at radius 2 is 2.32 bits per heavy atom. The summed E-state index contributed by atoms with van der Waals surface area (Å²) in [4.78, 5) is 2.24. The lowest BCUT2D eigenvalue weighted by molar-refractivity contribution is -0.0183. The van der Waals surface area contributed by atoms with E-state index in [0.717, 1.165) is 42.7 Å². The SMILES string of the molecule is CC1(O)CCCN(CCOc2ccc(Cl)cc2Br)C1. The maximum Gasteiger partial charge on any atom is 0.133 e. The zero-order valence-corrected chi connectivity index (χ0v) is 13.4. The van der Waals surface area contributed by atoms with Gasteiger partial charge in [-0.3, -0.25) is 4.90 Å². The van der Waals surface area contributed by atoms with Crippen molar-refractivity contribution in [3.63, 3.8) is 0 Å². The highest BCUT2D eigenvalue weighted by Gasteiger charge is 2.27. The topological polar surface area (TPSA) is 32.7 Å².